The smallest absolute Gasteiger partial charge is 0.00702 e. The summed E-state index contributed by atoms with van der Waals surface area (Å²) in [7, 11) is 0. The second-order valence-electron chi connectivity index (χ2n) is 6.11. The summed E-state index contributed by atoms with van der Waals surface area (Å²) in [6.45, 7) is 9.36. The van der Waals surface area contributed by atoms with Crippen LogP contribution in [0.5, 0.6) is 0 Å². The van der Waals surface area contributed by atoms with Crippen LogP contribution < -0.4 is 5.32 Å². The summed E-state index contributed by atoms with van der Waals surface area (Å²) in [5, 5.41) is 3.73. The monoisotopic (exact) mass is 287 g/mol. The van der Waals surface area contributed by atoms with Gasteiger partial charge in [-0.15, -0.1) is 6.58 Å². The number of aryl methyl sites for hydroxylation is 2. The number of nitrogens with one attached hydrogen (secondary N) is 1. The predicted molar refractivity (Wildman–Crippen MR) is 94.9 cm³/mol. The van der Waals surface area contributed by atoms with Gasteiger partial charge in [0.25, 0.3) is 0 Å². The van der Waals surface area contributed by atoms with Gasteiger partial charge in [0.05, 0.1) is 0 Å². The third-order valence-electron chi connectivity index (χ3n) is 4.01. The molecule has 118 valence electrons. The van der Waals surface area contributed by atoms with Crippen LogP contribution in [0.3, 0.4) is 0 Å². The highest BCUT2D eigenvalue weighted by Crippen LogP contribution is 2.13. The first-order valence-electron chi connectivity index (χ1n) is 8.66. The molecule has 1 rings (SSSR count). The predicted octanol–water partition coefficient (Wildman–Crippen LogP) is 5.43. The Bertz CT molecular complexity index is 383. The van der Waals surface area contributed by atoms with Crippen LogP contribution >= 0.6 is 0 Å². The molecule has 0 spiro atoms. The lowest BCUT2D eigenvalue weighted by molar-refractivity contribution is 0.433. The van der Waals surface area contributed by atoms with Crippen LogP contribution in [0.1, 0.15) is 63.0 Å². The number of rotatable bonds is 12. The van der Waals surface area contributed by atoms with E-state index in [1.54, 1.807) is 0 Å². The van der Waals surface area contributed by atoms with E-state index >= 15 is 0 Å². The Morgan fingerprint density at radius 3 is 2.76 bits per heavy atom. The van der Waals surface area contributed by atoms with Crippen molar-refractivity contribution in [2.45, 2.75) is 71.3 Å². The molecule has 1 N–H and O–H groups in total. The van der Waals surface area contributed by atoms with E-state index in [4.69, 9.17) is 0 Å². The van der Waals surface area contributed by atoms with E-state index in [0.717, 1.165) is 13.0 Å². The summed E-state index contributed by atoms with van der Waals surface area (Å²) in [4.78, 5) is 0. The zero-order chi connectivity index (χ0) is 15.3. The molecule has 1 unspecified atom stereocenters. The molecule has 1 atom stereocenters. The Labute approximate surface area is 131 Å². The fraction of sp³-hybridized carbons (Fsp3) is 0.600. The van der Waals surface area contributed by atoms with Gasteiger partial charge in [0, 0.05) is 6.04 Å². The van der Waals surface area contributed by atoms with Crippen molar-refractivity contribution in [3.63, 3.8) is 0 Å². The lowest BCUT2D eigenvalue weighted by Crippen LogP contribution is -2.30. The number of unbranched alkanes of at least 4 members (excludes halogenated alkanes) is 3. The van der Waals surface area contributed by atoms with Crippen LogP contribution in [0.15, 0.2) is 36.9 Å². The quantitative estimate of drug-likeness (QED) is 0.399. The van der Waals surface area contributed by atoms with E-state index in [1.807, 2.05) is 6.08 Å². The molecular formula is C20H33N. The molecule has 1 heteroatoms. The summed E-state index contributed by atoms with van der Waals surface area (Å²) < 4.78 is 0. The molecule has 0 aliphatic carbocycles. The van der Waals surface area contributed by atoms with Crippen LogP contribution in [0, 0.1) is 6.92 Å². The summed E-state index contributed by atoms with van der Waals surface area (Å²) in [6.07, 6.45) is 12.1. The van der Waals surface area contributed by atoms with Gasteiger partial charge in [-0.1, -0.05) is 55.7 Å². The normalized spacial score (nSPS) is 12.3. The second kappa shape index (κ2) is 11.6. The minimum atomic E-state index is 0.675. The van der Waals surface area contributed by atoms with Crippen molar-refractivity contribution in [3.05, 3.63) is 48.0 Å². The third kappa shape index (κ3) is 8.72. The van der Waals surface area contributed by atoms with Crippen molar-refractivity contribution < 1.29 is 0 Å². The second-order valence-corrected chi connectivity index (χ2v) is 6.11. The molecule has 0 aromatic heterocycles. The molecule has 0 amide bonds. The molecule has 0 radical (unpaired) electrons. The standard InChI is InChI=1S/C20H33N/c1-4-6-7-8-9-13-20(21-16-5-2)15-14-19-12-10-11-18(3)17-19/h4,10-12,17,20-21H,1,5-9,13-16H2,2-3H3. The Hall–Kier alpha value is -1.08. The van der Waals surface area contributed by atoms with Crippen LogP contribution in [0.25, 0.3) is 0 Å². The highest BCUT2D eigenvalue weighted by Gasteiger charge is 2.07. The lowest BCUT2D eigenvalue weighted by atomic mass is 9.99. The Morgan fingerprint density at radius 2 is 2.05 bits per heavy atom. The van der Waals surface area contributed by atoms with E-state index in [9.17, 15) is 0 Å². The van der Waals surface area contributed by atoms with Crippen molar-refractivity contribution >= 4 is 0 Å². The fourth-order valence-electron chi connectivity index (χ4n) is 2.76. The Morgan fingerprint density at radius 1 is 1.19 bits per heavy atom. The first-order chi connectivity index (χ1) is 10.3. The minimum Gasteiger partial charge on any atom is -0.314 e. The van der Waals surface area contributed by atoms with Gasteiger partial charge in [-0.2, -0.15) is 0 Å². The van der Waals surface area contributed by atoms with Gasteiger partial charge in [-0.3, -0.25) is 0 Å². The van der Waals surface area contributed by atoms with Gasteiger partial charge in [-0.05, 0) is 57.6 Å². The maximum atomic E-state index is 3.79. The first-order valence-corrected chi connectivity index (χ1v) is 8.66. The highest BCUT2D eigenvalue weighted by atomic mass is 14.9. The van der Waals surface area contributed by atoms with E-state index in [-0.39, 0.29) is 0 Å². The zero-order valence-electron chi connectivity index (χ0n) is 14.0. The molecule has 0 heterocycles. The van der Waals surface area contributed by atoms with Gasteiger partial charge in [-0.25, -0.2) is 0 Å². The van der Waals surface area contributed by atoms with E-state index < -0.39 is 0 Å². The largest absolute Gasteiger partial charge is 0.314 e. The van der Waals surface area contributed by atoms with Crippen molar-refractivity contribution in [1.82, 2.24) is 5.32 Å². The van der Waals surface area contributed by atoms with Gasteiger partial charge in [0.2, 0.25) is 0 Å². The third-order valence-corrected chi connectivity index (χ3v) is 4.01. The van der Waals surface area contributed by atoms with Crippen LogP contribution in [-0.4, -0.2) is 12.6 Å². The summed E-state index contributed by atoms with van der Waals surface area (Å²) >= 11 is 0. The summed E-state index contributed by atoms with van der Waals surface area (Å²) in [6, 6.07) is 9.61. The molecule has 0 aliphatic rings. The molecule has 0 fully saturated rings. The molecule has 0 aliphatic heterocycles. The van der Waals surface area contributed by atoms with Gasteiger partial charge in [0.1, 0.15) is 0 Å². The topological polar surface area (TPSA) is 12.0 Å². The SMILES string of the molecule is C=CCCCCCC(CCc1cccc(C)c1)NCCC. The Kier molecular flexibility index (Phi) is 9.90. The van der Waals surface area contributed by atoms with E-state index in [0.29, 0.717) is 6.04 Å². The summed E-state index contributed by atoms with van der Waals surface area (Å²) in [5.41, 5.74) is 2.85. The number of hydrogen-bond donors (Lipinski definition) is 1. The highest BCUT2D eigenvalue weighted by molar-refractivity contribution is 5.22. The van der Waals surface area contributed by atoms with E-state index in [2.05, 4.69) is 50.0 Å². The minimum absolute atomic E-state index is 0.675. The molecule has 0 saturated carbocycles. The molecule has 0 bridgehead atoms. The number of benzene rings is 1. The van der Waals surface area contributed by atoms with Crippen molar-refractivity contribution in [3.8, 4) is 0 Å². The van der Waals surface area contributed by atoms with Crippen LogP contribution in [-0.2, 0) is 6.42 Å². The molecule has 1 aromatic rings. The molecule has 21 heavy (non-hydrogen) atoms. The number of allylic oxidation sites excluding steroid dienone is 1. The van der Waals surface area contributed by atoms with Gasteiger partial charge < -0.3 is 5.32 Å². The molecule has 1 aromatic carbocycles. The lowest BCUT2D eigenvalue weighted by Gasteiger charge is -2.18. The maximum absolute atomic E-state index is 3.79. The van der Waals surface area contributed by atoms with Crippen molar-refractivity contribution in [2.75, 3.05) is 6.54 Å². The van der Waals surface area contributed by atoms with Crippen molar-refractivity contribution in [1.29, 1.82) is 0 Å². The molecule has 0 saturated heterocycles. The average molecular weight is 287 g/mol. The van der Waals surface area contributed by atoms with Gasteiger partial charge >= 0.3 is 0 Å². The van der Waals surface area contributed by atoms with Gasteiger partial charge in [0.15, 0.2) is 0 Å². The molecular weight excluding hydrogens is 254 g/mol. The van der Waals surface area contributed by atoms with Crippen LogP contribution in [0.2, 0.25) is 0 Å². The Balaban J connectivity index is 2.32. The molecule has 1 nitrogen and oxygen atoms in total. The zero-order valence-corrected chi connectivity index (χ0v) is 14.0. The average Bonchev–Trinajstić information content (AvgIpc) is 2.49. The van der Waals surface area contributed by atoms with Crippen molar-refractivity contribution in [2.24, 2.45) is 0 Å². The summed E-state index contributed by atoms with van der Waals surface area (Å²) in [5.74, 6) is 0. The van der Waals surface area contributed by atoms with Crippen LogP contribution in [0.4, 0.5) is 0 Å². The van der Waals surface area contributed by atoms with E-state index in [1.165, 1.54) is 56.1 Å². The first kappa shape index (κ1) is 18.0. The maximum Gasteiger partial charge on any atom is 0.00702 e. The fourth-order valence-corrected chi connectivity index (χ4v) is 2.76. The number of hydrogen-bond acceptors (Lipinski definition) is 1.